The first-order chi connectivity index (χ1) is 23.2. The number of phenolic OH excluding ortho intramolecular Hbond substituents is 1. The Labute approximate surface area is 280 Å². The first-order valence-electron chi connectivity index (χ1n) is 16.1. The smallest absolute Gasteiger partial charge is 0.229 e. The summed E-state index contributed by atoms with van der Waals surface area (Å²) in [4.78, 5) is 12.8. The molecule has 8 N–H and O–H groups in total. The normalized spacial score (nSPS) is 42.6. The molecule has 0 aliphatic carbocycles. The van der Waals surface area contributed by atoms with E-state index in [2.05, 4.69) is 0 Å². The lowest BCUT2D eigenvalue weighted by Crippen LogP contribution is -2.65. The number of hydrogen-bond acceptors (Lipinski definition) is 16. The van der Waals surface area contributed by atoms with Crippen molar-refractivity contribution in [1.82, 2.24) is 0 Å². The molecule has 0 saturated carbocycles. The third-order valence-electron chi connectivity index (χ3n) is 9.36. The SMILES string of the molecule is C[C@@H]1O[C@H](O[C@@H]2[C@@H](O)[C@@H](O)[C@@H](O[C@@H]3[C@@H](O)[C@@H](O)[C@@H](Oc4ccc5c(c4)OC(c4ccc(O)cc4)CC5=O)O[C@H]3C)O[C@H]2C)[C@H](O)[C@H](O)[C@H]1O. The number of fused-ring (bicyclic) bond motifs is 1. The molecule has 16 heteroatoms. The van der Waals surface area contributed by atoms with E-state index in [0.29, 0.717) is 11.1 Å². The van der Waals surface area contributed by atoms with Crippen molar-refractivity contribution in [2.75, 3.05) is 0 Å². The molecular weight excluding hydrogens is 652 g/mol. The van der Waals surface area contributed by atoms with Gasteiger partial charge in [-0.2, -0.15) is 0 Å². The fourth-order valence-corrected chi connectivity index (χ4v) is 6.42. The van der Waals surface area contributed by atoms with Crippen molar-refractivity contribution in [3.8, 4) is 17.2 Å². The van der Waals surface area contributed by atoms with Gasteiger partial charge in [0.2, 0.25) is 6.29 Å². The van der Waals surface area contributed by atoms with Crippen LogP contribution in [-0.2, 0) is 23.7 Å². The van der Waals surface area contributed by atoms with E-state index in [9.17, 15) is 45.6 Å². The molecule has 2 aromatic carbocycles. The van der Waals surface area contributed by atoms with Gasteiger partial charge in [-0.05, 0) is 50.6 Å². The van der Waals surface area contributed by atoms with Crippen LogP contribution in [0.1, 0.15) is 49.2 Å². The quantitative estimate of drug-likeness (QED) is 0.173. The van der Waals surface area contributed by atoms with Gasteiger partial charge in [-0.25, -0.2) is 0 Å². The van der Waals surface area contributed by atoms with E-state index in [4.69, 9.17) is 33.2 Å². The summed E-state index contributed by atoms with van der Waals surface area (Å²) < 4.78 is 40.5. The number of carbonyl (C=O) groups is 1. The molecule has 1 unspecified atom stereocenters. The summed E-state index contributed by atoms with van der Waals surface area (Å²) in [5, 5.41) is 83.7. The number of rotatable bonds is 7. The Hall–Kier alpha value is -2.97. The van der Waals surface area contributed by atoms with Crippen LogP contribution in [0.25, 0.3) is 0 Å². The Bertz CT molecular complexity index is 1460. The van der Waals surface area contributed by atoms with Crippen LogP contribution in [0.5, 0.6) is 17.2 Å². The van der Waals surface area contributed by atoms with Crippen LogP contribution in [0, 0.1) is 0 Å². The zero-order valence-corrected chi connectivity index (χ0v) is 26.8. The number of aliphatic hydroxyl groups excluding tert-OH is 7. The molecule has 4 aliphatic rings. The Morgan fingerprint density at radius 2 is 1.16 bits per heavy atom. The largest absolute Gasteiger partial charge is 0.508 e. The first-order valence-corrected chi connectivity index (χ1v) is 16.1. The standard InChI is InChI=1S/C33H42O16/c1-12-22(36)23(37)26(40)32(43-12)48-30-14(3)45-33(28(42)25(30)39)49-29-13(2)44-31(27(41)24(29)38)46-17-8-9-18-19(35)11-20(47-21(18)10-17)15-4-6-16(34)7-5-15/h4-10,12-14,20,22-34,36-42H,11H2,1-3H3/t12-,13-,14-,20?,22-,23+,24-,25-,26+,27+,28+,29-,30-,31+,32+,33+/m0/s1. The summed E-state index contributed by atoms with van der Waals surface area (Å²) in [5.41, 5.74) is 1.04. The summed E-state index contributed by atoms with van der Waals surface area (Å²) in [5.74, 6) is 0.356. The van der Waals surface area contributed by atoms with Gasteiger partial charge in [0.1, 0.15) is 78.3 Å². The third kappa shape index (κ3) is 7.14. The lowest BCUT2D eigenvalue weighted by molar-refractivity contribution is -0.369. The Balaban J connectivity index is 1.07. The van der Waals surface area contributed by atoms with Crippen molar-refractivity contribution in [3.63, 3.8) is 0 Å². The van der Waals surface area contributed by atoms with Crippen molar-refractivity contribution in [2.24, 2.45) is 0 Å². The van der Waals surface area contributed by atoms with Gasteiger partial charge in [0, 0.05) is 6.07 Å². The van der Waals surface area contributed by atoms with Gasteiger partial charge in [0.05, 0.1) is 30.3 Å². The Kier molecular flexibility index (Phi) is 10.5. The van der Waals surface area contributed by atoms with Gasteiger partial charge >= 0.3 is 0 Å². The highest BCUT2D eigenvalue weighted by atomic mass is 16.8. The van der Waals surface area contributed by atoms with Crippen LogP contribution >= 0.6 is 0 Å². The Morgan fingerprint density at radius 1 is 0.633 bits per heavy atom. The van der Waals surface area contributed by atoms with E-state index >= 15 is 0 Å². The molecule has 0 radical (unpaired) electrons. The second kappa shape index (κ2) is 14.3. The van der Waals surface area contributed by atoms with Gasteiger partial charge in [-0.15, -0.1) is 0 Å². The predicted molar refractivity (Wildman–Crippen MR) is 162 cm³/mol. The van der Waals surface area contributed by atoms with Crippen molar-refractivity contribution in [2.45, 2.75) is 125 Å². The van der Waals surface area contributed by atoms with Gasteiger partial charge in [-0.3, -0.25) is 4.79 Å². The van der Waals surface area contributed by atoms with E-state index in [1.54, 1.807) is 12.1 Å². The Morgan fingerprint density at radius 3 is 1.78 bits per heavy atom. The lowest BCUT2D eigenvalue weighted by Gasteiger charge is -2.47. The average molecular weight is 695 g/mol. The highest BCUT2D eigenvalue weighted by Crippen LogP contribution is 2.39. The van der Waals surface area contributed by atoms with E-state index in [1.807, 2.05) is 0 Å². The molecule has 0 bridgehead atoms. The van der Waals surface area contributed by atoms with E-state index < -0.39 is 98.2 Å². The van der Waals surface area contributed by atoms with Gasteiger partial charge < -0.3 is 74.0 Å². The highest BCUT2D eigenvalue weighted by Gasteiger charge is 2.52. The second-order valence-electron chi connectivity index (χ2n) is 12.9. The molecule has 49 heavy (non-hydrogen) atoms. The molecule has 4 heterocycles. The van der Waals surface area contributed by atoms with Gasteiger partial charge in [0.15, 0.2) is 18.4 Å². The molecule has 270 valence electrons. The maximum absolute atomic E-state index is 12.8. The zero-order chi connectivity index (χ0) is 35.3. The molecule has 2 aromatic rings. The third-order valence-corrected chi connectivity index (χ3v) is 9.36. The second-order valence-corrected chi connectivity index (χ2v) is 12.9. The van der Waals surface area contributed by atoms with Crippen LogP contribution in [0.3, 0.4) is 0 Å². The minimum Gasteiger partial charge on any atom is -0.508 e. The van der Waals surface area contributed by atoms with E-state index in [0.717, 1.165) is 0 Å². The average Bonchev–Trinajstić information content (AvgIpc) is 3.07. The predicted octanol–water partition coefficient (Wildman–Crippen LogP) is -0.991. The fraction of sp³-hybridized carbons (Fsp3) is 0.606. The summed E-state index contributed by atoms with van der Waals surface area (Å²) in [7, 11) is 0. The number of ketones is 1. The van der Waals surface area contributed by atoms with Crippen molar-refractivity contribution >= 4 is 5.78 Å². The van der Waals surface area contributed by atoms with Crippen LogP contribution in [-0.4, -0.2) is 139 Å². The van der Waals surface area contributed by atoms with Gasteiger partial charge in [-0.1, -0.05) is 12.1 Å². The summed E-state index contributed by atoms with van der Waals surface area (Å²) in [6.07, 6.45) is -21.4. The summed E-state index contributed by atoms with van der Waals surface area (Å²) in [6.45, 7) is 4.50. The number of phenols is 1. The molecule has 0 amide bonds. The monoisotopic (exact) mass is 694 g/mol. The van der Waals surface area contributed by atoms with Crippen LogP contribution < -0.4 is 9.47 Å². The van der Waals surface area contributed by atoms with Crippen LogP contribution in [0.2, 0.25) is 0 Å². The van der Waals surface area contributed by atoms with Gasteiger partial charge in [0.25, 0.3) is 0 Å². The van der Waals surface area contributed by atoms with Crippen LogP contribution in [0.15, 0.2) is 42.5 Å². The zero-order valence-electron chi connectivity index (χ0n) is 26.8. The number of aromatic hydroxyl groups is 1. The minimum atomic E-state index is -1.73. The fourth-order valence-electron chi connectivity index (χ4n) is 6.42. The molecule has 16 atom stereocenters. The maximum Gasteiger partial charge on any atom is 0.229 e. The molecule has 4 aliphatic heterocycles. The number of hydrogen-bond donors (Lipinski definition) is 8. The molecule has 0 aromatic heterocycles. The molecule has 0 spiro atoms. The minimum absolute atomic E-state index is 0.0802. The van der Waals surface area contributed by atoms with Crippen molar-refractivity contribution in [1.29, 1.82) is 0 Å². The summed E-state index contributed by atoms with van der Waals surface area (Å²) >= 11 is 0. The number of Topliss-reactive ketones (excluding diaryl/α,β-unsaturated/α-hetero) is 1. The molecular formula is C33H42O16. The summed E-state index contributed by atoms with van der Waals surface area (Å²) in [6, 6.07) is 10.8. The van der Waals surface area contributed by atoms with E-state index in [-0.39, 0.29) is 29.5 Å². The molecule has 3 fully saturated rings. The number of aliphatic hydroxyl groups is 7. The maximum atomic E-state index is 12.8. The number of ether oxygens (including phenoxy) is 7. The molecule has 6 rings (SSSR count). The molecule has 16 nitrogen and oxygen atoms in total. The van der Waals surface area contributed by atoms with Crippen LogP contribution in [0.4, 0.5) is 0 Å². The highest BCUT2D eigenvalue weighted by molar-refractivity contribution is 6.00. The van der Waals surface area contributed by atoms with Crippen molar-refractivity contribution in [3.05, 3.63) is 53.6 Å². The topological polar surface area (TPSA) is 244 Å². The first kappa shape index (κ1) is 35.8. The number of carbonyl (C=O) groups excluding carboxylic acids is 1. The number of benzene rings is 2. The lowest BCUT2D eigenvalue weighted by atomic mass is 9.96. The molecule has 3 saturated heterocycles. The van der Waals surface area contributed by atoms with Crippen molar-refractivity contribution < 1.29 is 78.8 Å². The van der Waals surface area contributed by atoms with E-state index in [1.165, 1.54) is 51.1 Å².